The van der Waals surface area contributed by atoms with Crippen LogP contribution in [-0.2, 0) is 9.59 Å². The Bertz CT molecular complexity index is 1560. The molecule has 1 saturated heterocycles. The fourth-order valence-corrected chi connectivity index (χ4v) is 6.70. The summed E-state index contributed by atoms with van der Waals surface area (Å²) < 4.78 is 5.68. The van der Waals surface area contributed by atoms with Crippen molar-refractivity contribution < 1.29 is 19.1 Å². The Kier molecular flexibility index (Phi) is 4.92. The minimum atomic E-state index is -0.531. The molecule has 1 heterocycles. The van der Waals surface area contributed by atoms with Crippen molar-refractivity contribution in [2.45, 2.75) is 25.7 Å². The number of hydrogen-bond acceptors (Lipinski definition) is 4. The van der Waals surface area contributed by atoms with E-state index in [2.05, 4.69) is 24.3 Å². The third-order valence-electron chi connectivity index (χ3n) is 8.55. The summed E-state index contributed by atoms with van der Waals surface area (Å²) in [5.74, 6) is -1.74. The summed E-state index contributed by atoms with van der Waals surface area (Å²) in [5, 5.41) is 0. The molecule has 4 aliphatic rings. The van der Waals surface area contributed by atoms with E-state index in [1.54, 1.807) is 30.3 Å². The maximum Gasteiger partial charge on any atom is 0.343 e. The van der Waals surface area contributed by atoms with E-state index in [9.17, 15) is 14.4 Å². The molecule has 0 N–H and O–H groups in total. The van der Waals surface area contributed by atoms with Gasteiger partial charge in [0.1, 0.15) is 5.75 Å². The summed E-state index contributed by atoms with van der Waals surface area (Å²) in [5.41, 5.74) is 7.12. The highest BCUT2D eigenvalue weighted by molar-refractivity contribution is 6.23. The van der Waals surface area contributed by atoms with Crippen LogP contribution in [0.25, 0.3) is 0 Å². The lowest BCUT2D eigenvalue weighted by atomic mass is 9.55. The van der Waals surface area contributed by atoms with Gasteiger partial charge < -0.3 is 4.74 Å². The number of hydrogen-bond donors (Lipinski definition) is 0. The Balaban J connectivity index is 1.26. The first-order valence-electron chi connectivity index (χ1n) is 12.9. The molecule has 4 aromatic rings. The van der Waals surface area contributed by atoms with Gasteiger partial charge in [-0.1, -0.05) is 66.7 Å². The van der Waals surface area contributed by atoms with Crippen LogP contribution in [0.15, 0.2) is 91.0 Å². The Labute approximate surface area is 220 Å². The number of imide groups is 1. The molecule has 0 aromatic heterocycles. The Morgan fingerprint density at radius 3 is 1.76 bits per heavy atom. The summed E-state index contributed by atoms with van der Waals surface area (Å²) in [6.45, 7) is 3.86. The number of nitrogens with zero attached hydrogens (tertiary/aromatic N) is 1. The number of rotatable bonds is 3. The highest BCUT2D eigenvalue weighted by atomic mass is 16.5. The average Bonchev–Trinajstić information content (AvgIpc) is 3.21. The van der Waals surface area contributed by atoms with Crippen LogP contribution in [-0.4, -0.2) is 17.8 Å². The van der Waals surface area contributed by atoms with Gasteiger partial charge in [-0.2, -0.15) is 0 Å². The second kappa shape index (κ2) is 8.25. The number of carbonyl (C=O) groups excluding carboxylic acids is 3. The first kappa shape index (κ1) is 22.7. The van der Waals surface area contributed by atoms with E-state index in [1.165, 1.54) is 4.90 Å². The second-order valence-electron chi connectivity index (χ2n) is 10.4. The molecular formula is C33H25NO4. The molecule has 186 valence electrons. The van der Waals surface area contributed by atoms with E-state index < -0.39 is 17.8 Å². The molecule has 4 aromatic carbocycles. The number of carbonyl (C=O) groups is 3. The number of amides is 2. The minimum Gasteiger partial charge on any atom is -0.423 e. The average molecular weight is 500 g/mol. The van der Waals surface area contributed by atoms with Crippen LogP contribution in [0.3, 0.4) is 0 Å². The number of ether oxygens (including phenoxy) is 1. The summed E-state index contributed by atoms with van der Waals surface area (Å²) in [6.07, 6.45) is 0. The normalized spacial score (nSPS) is 22.6. The molecule has 2 atom stereocenters. The molecule has 0 saturated carbocycles. The van der Waals surface area contributed by atoms with Gasteiger partial charge in [0, 0.05) is 11.8 Å². The summed E-state index contributed by atoms with van der Waals surface area (Å²) in [6, 6.07) is 28.5. The molecule has 0 radical (unpaired) electrons. The lowest BCUT2D eigenvalue weighted by Crippen LogP contribution is -2.41. The zero-order valence-electron chi connectivity index (χ0n) is 21.0. The fourth-order valence-electron chi connectivity index (χ4n) is 6.70. The number of aryl methyl sites for hydroxylation is 1. The zero-order valence-corrected chi connectivity index (χ0v) is 21.0. The van der Waals surface area contributed by atoms with Gasteiger partial charge in [0.2, 0.25) is 11.8 Å². The van der Waals surface area contributed by atoms with E-state index in [0.717, 1.165) is 33.4 Å². The van der Waals surface area contributed by atoms with Crippen molar-refractivity contribution in [2.75, 3.05) is 4.90 Å². The van der Waals surface area contributed by atoms with Gasteiger partial charge in [0.05, 0.1) is 23.1 Å². The van der Waals surface area contributed by atoms with Crippen molar-refractivity contribution >= 4 is 23.5 Å². The van der Waals surface area contributed by atoms with Crippen LogP contribution < -0.4 is 9.64 Å². The van der Waals surface area contributed by atoms with Gasteiger partial charge in [0.25, 0.3) is 0 Å². The van der Waals surface area contributed by atoms with Crippen LogP contribution in [0.4, 0.5) is 5.69 Å². The van der Waals surface area contributed by atoms with Crippen molar-refractivity contribution in [1.29, 1.82) is 0 Å². The first-order valence-corrected chi connectivity index (χ1v) is 12.9. The highest BCUT2D eigenvalue weighted by Crippen LogP contribution is 2.61. The summed E-state index contributed by atoms with van der Waals surface area (Å²) >= 11 is 0. The van der Waals surface area contributed by atoms with Crippen LogP contribution in [0, 0.1) is 25.7 Å². The Hall–Kier alpha value is -4.51. The molecular weight excluding hydrogens is 474 g/mol. The van der Waals surface area contributed by atoms with E-state index in [0.29, 0.717) is 11.4 Å². The predicted molar refractivity (Wildman–Crippen MR) is 143 cm³/mol. The summed E-state index contributed by atoms with van der Waals surface area (Å²) in [4.78, 5) is 42.4. The van der Waals surface area contributed by atoms with Gasteiger partial charge in [-0.05, 0) is 71.5 Å². The maximum absolute atomic E-state index is 14.0. The van der Waals surface area contributed by atoms with Crippen molar-refractivity contribution in [1.82, 2.24) is 0 Å². The van der Waals surface area contributed by atoms with Gasteiger partial charge in [-0.3, -0.25) is 9.59 Å². The topological polar surface area (TPSA) is 63.7 Å². The number of benzene rings is 4. The SMILES string of the molecule is Cc1cccc(OC(=O)c2cccc(N3C(=O)[C@H]4C5c6ccccc6C(c6ccccc65)[C@@H]4C3=O)c2)c1C. The van der Waals surface area contributed by atoms with E-state index in [-0.39, 0.29) is 29.2 Å². The highest BCUT2D eigenvalue weighted by Gasteiger charge is 2.61. The molecule has 5 nitrogen and oxygen atoms in total. The predicted octanol–water partition coefficient (Wildman–Crippen LogP) is 5.92. The zero-order chi connectivity index (χ0) is 26.1. The number of esters is 1. The molecule has 0 spiro atoms. The molecule has 1 aliphatic heterocycles. The van der Waals surface area contributed by atoms with Gasteiger partial charge in [-0.15, -0.1) is 0 Å². The fraction of sp³-hybridized carbons (Fsp3) is 0.182. The lowest BCUT2D eigenvalue weighted by molar-refractivity contribution is -0.122. The van der Waals surface area contributed by atoms with E-state index in [4.69, 9.17) is 4.74 Å². The molecule has 38 heavy (non-hydrogen) atoms. The van der Waals surface area contributed by atoms with Crippen molar-refractivity contribution in [3.05, 3.63) is 130 Å². The largest absolute Gasteiger partial charge is 0.423 e. The lowest BCUT2D eigenvalue weighted by Gasteiger charge is -2.45. The van der Waals surface area contributed by atoms with Gasteiger partial charge in [-0.25, -0.2) is 9.69 Å². The third-order valence-corrected chi connectivity index (χ3v) is 8.55. The van der Waals surface area contributed by atoms with Crippen molar-refractivity contribution in [2.24, 2.45) is 11.8 Å². The quantitative estimate of drug-likeness (QED) is 0.199. The van der Waals surface area contributed by atoms with Crippen molar-refractivity contribution in [3.8, 4) is 5.75 Å². The van der Waals surface area contributed by atoms with Crippen LogP contribution in [0.1, 0.15) is 55.6 Å². The first-order chi connectivity index (χ1) is 18.5. The van der Waals surface area contributed by atoms with Crippen LogP contribution >= 0.6 is 0 Å². The van der Waals surface area contributed by atoms with Gasteiger partial charge >= 0.3 is 5.97 Å². The van der Waals surface area contributed by atoms with Crippen molar-refractivity contribution in [3.63, 3.8) is 0 Å². The molecule has 2 amide bonds. The third kappa shape index (κ3) is 3.08. The van der Waals surface area contributed by atoms with E-state index >= 15 is 0 Å². The monoisotopic (exact) mass is 499 g/mol. The smallest absolute Gasteiger partial charge is 0.343 e. The minimum absolute atomic E-state index is 0.170. The standard InChI is InChI=1S/C33H25NO4/c1-18-9-7-16-26(19(18)2)38-33(37)20-10-8-11-21(17-20)34-31(35)29-27-22-12-3-4-13-23(22)28(30(29)32(34)36)25-15-6-5-14-24(25)27/h3-17,27-30H,1-2H3/t27?,28?,29-,30-/m0/s1. The Morgan fingerprint density at radius 1 is 0.684 bits per heavy atom. The molecule has 3 aliphatic carbocycles. The molecule has 1 fully saturated rings. The maximum atomic E-state index is 14.0. The molecule has 5 heteroatoms. The second-order valence-corrected chi connectivity index (χ2v) is 10.4. The molecule has 0 unspecified atom stereocenters. The van der Waals surface area contributed by atoms with Crippen LogP contribution in [0.5, 0.6) is 5.75 Å². The number of anilines is 1. The molecule has 2 bridgehead atoms. The van der Waals surface area contributed by atoms with Crippen LogP contribution in [0.2, 0.25) is 0 Å². The molecule has 8 rings (SSSR count). The van der Waals surface area contributed by atoms with E-state index in [1.807, 2.05) is 50.2 Å². The van der Waals surface area contributed by atoms with Gasteiger partial charge in [0.15, 0.2) is 0 Å². The Morgan fingerprint density at radius 2 is 1.21 bits per heavy atom. The summed E-state index contributed by atoms with van der Waals surface area (Å²) in [7, 11) is 0.